The van der Waals surface area contributed by atoms with Gasteiger partial charge in [0.2, 0.25) is 5.91 Å². The third-order valence-corrected chi connectivity index (χ3v) is 2.82. The third kappa shape index (κ3) is 4.02. The Morgan fingerprint density at radius 1 is 1.30 bits per heavy atom. The third-order valence-electron chi connectivity index (χ3n) is 2.82. The van der Waals surface area contributed by atoms with Gasteiger partial charge < -0.3 is 5.32 Å². The van der Waals surface area contributed by atoms with Crippen molar-refractivity contribution < 1.29 is 9.18 Å². The zero-order chi connectivity index (χ0) is 14.4. The fourth-order valence-corrected chi connectivity index (χ4v) is 1.71. The molecule has 0 atom stereocenters. The van der Waals surface area contributed by atoms with Gasteiger partial charge in [-0.2, -0.15) is 0 Å². The molecule has 0 aliphatic heterocycles. The van der Waals surface area contributed by atoms with Crippen molar-refractivity contribution in [3.05, 3.63) is 71.3 Å². The molecule has 0 bridgehead atoms. The van der Waals surface area contributed by atoms with Crippen molar-refractivity contribution in [1.29, 1.82) is 0 Å². The maximum absolute atomic E-state index is 13.1. The molecule has 4 heteroatoms. The second-order valence-corrected chi connectivity index (χ2v) is 4.42. The van der Waals surface area contributed by atoms with E-state index in [1.54, 1.807) is 37.5 Å². The van der Waals surface area contributed by atoms with E-state index in [0.717, 1.165) is 11.1 Å². The molecule has 3 nitrogen and oxygen atoms in total. The van der Waals surface area contributed by atoms with E-state index in [-0.39, 0.29) is 11.7 Å². The van der Waals surface area contributed by atoms with Gasteiger partial charge in [-0.3, -0.25) is 9.78 Å². The van der Waals surface area contributed by atoms with Gasteiger partial charge in [0.25, 0.3) is 0 Å². The van der Waals surface area contributed by atoms with Crippen LogP contribution >= 0.6 is 0 Å². The van der Waals surface area contributed by atoms with Crippen LogP contribution in [-0.2, 0) is 11.3 Å². The maximum Gasteiger partial charge on any atom is 0.244 e. The highest BCUT2D eigenvalue weighted by atomic mass is 19.1. The number of hydrogen-bond donors (Lipinski definition) is 1. The SMILES string of the molecule is Cc1cc(CNC(=O)C=Cc2ccncc2)ccc1F. The number of nitrogens with zero attached hydrogens (tertiary/aromatic N) is 1. The molecule has 0 radical (unpaired) electrons. The van der Waals surface area contributed by atoms with Crippen molar-refractivity contribution in [1.82, 2.24) is 10.3 Å². The first-order valence-corrected chi connectivity index (χ1v) is 6.26. The van der Waals surface area contributed by atoms with Crippen LogP contribution in [0.15, 0.2) is 48.8 Å². The highest BCUT2D eigenvalue weighted by molar-refractivity contribution is 5.91. The number of pyridine rings is 1. The van der Waals surface area contributed by atoms with Gasteiger partial charge in [-0.15, -0.1) is 0 Å². The second kappa shape index (κ2) is 6.61. The van der Waals surface area contributed by atoms with Crippen LogP contribution < -0.4 is 5.32 Å². The summed E-state index contributed by atoms with van der Waals surface area (Å²) >= 11 is 0. The van der Waals surface area contributed by atoms with Gasteiger partial charge >= 0.3 is 0 Å². The monoisotopic (exact) mass is 270 g/mol. The van der Waals surface area contributed by atoms with Gasteiger partial charge in [0.1, 0.15) is 5.82 Å². The molecule has 1 amide bonds. The minimum absolute atomic E-state index is 0.191. The molecule has 1 heterocycles. The Morgan fingerprint density at radius 3 is 2.75 bits per heavy atom. The lowest BCUT2D eigenvalue weighted by molar-refractivity contribution is -0.116. The number of carbonyl (C=O) groups excluding carboxylic acids is 1. The molecule has 2 aromatic rings. The zero-order valence-corrected chi connectivity index (χ0v) is 11.1. The summed E-state index contributed by atoms with van der Waals surface area (Å²) in [6.45, 7) is 2.07. The van der Waals surface area contributed by atoms with E-state index in [9.17, 15) is 9.18 Å². The van der Waals surface area contributed by atoms with Crippen molar-refractivity contribution in [2.45, 2.75) is 13.5 Å². The van der Waals surface area contributed by atoms with E-state index in [1.165, 1.54) is 12.1 Å². The highest BCUT2D eigenvalue weighted by Crippen LogP contribution is 2.08. The number of nitrogens with one attached hydrogen (secondary N) is 1. The summed E-state index contributed by atoms with van der Waals surface area (Å²) in [5.74, 6) is -0.429. The van der Waals surface area contributed by atoms with Crippen molar-refractivity contribution in [3.63, 3.8) is 0 Å². The average molecular weight is 270 g/mol. The molecular formula is C16H15FN2O. The second-order valence-electron chi connectivity index (χ2n) is 4.42. The molecular weight excluding hydrogens is 255 g/mol. The Hall–Kier alpha value is -2.49. The molecule has 0 saturated carbocycles. The molecule has 0 fully saturated rings. The number of amides is 1. The zero-order valence-electron chi connectivity index (χ0n) is 11.1. The highest BCUT2D eigenvalue weighted by Gasteiger charge is 2.00. The molecule has 1 aromatic carbocycles. The van der Waals surface area contributed by atoms with Gasteiger partial charge in [-0.05, 0) is 47.9 Å². The molecule has 1 aromatic heterocycles. The van der Waals surface area contributed by atoms with E-state index < -0.39 is 0 Å². The summed E-state index contributed by atoms with van der Waals surface area (Å²) in [4.78, 5) is 15.6. The minimum atomic E-state index is -0.238. The largest absolute Gasteiger partial charge is 0.348 e. The number of hydrogen-bond acceptors (Lipinski definition) is 2. The van der Waals surface area contributed by atoms with E-state index in [2.05, 4.69) is 10.3 Å². The molecule has 0 unspecified atom stereocenters. The fraction of sp³-hybridized carbons (Fsp3) is 0.125. The van der Waals surface area contributed by atoms with E-state index in [1.807, 2.05) is 12.1 Å². The normalized spacial score (nSPS) is 10.7. The Morgan fingerprint density at radius 2 is 2.05 bits per heavy atom. The van der Waals surface area contributed by atoms with Crippen molar-refractivity contribution in [3.8, 4) is 0 Å². The first-order chi connectivity index (χ1) is 9.65. The summed E-state index contributed by atoms with van der Waals surface area (Å²) < 4.78 is 13.1. The van der Waals surface area contributed by atoms with Crippen LogP contribution in [0.2, 0.25) is 0 Å². The molecule has 1 N–H and O–H groups in total. The quantitative estimate of drug-likeness (QED) is 0.868. The Kier molecular flexibility index (Phi) is 4.60. The van der Waals surface area contributed by atoms with E-state index >= 15 is 0 Å². The molecule has 20 heavy (non-hydrogen) atoms. The number of halogens is 1. The number of benzene rings is 1. The fourth-order valence-electron chi connectivity index (χ4n) is 1.71. The first-order valence-electron chi connectivity index (χ1n) is 6.26. The lowest BCUT2D eigenvalue weighted by atomic mass is 10.1. The van der Waals surface area contributed by atoms with Crippen LogP contribution in [-0.4, -0.2) is 10.9 Å². The summed E-state index contributed by atoms with van der Waals surface area (Å²) in [7, 11) is 0. The standard InChI is InChI=1S/C16H15FN2O/c1-12-10-14(2-4-15(12)17)11-19-16(20)5-3-13-6-8-18-9-7-13/h2-10H,11H2,1H3,(H,19,20). The molecule has 0 aliphatic carbocycles. The number of aromatic nitrogens is 1. The van der Waals surface area contributed by atoms with Crippen LogP contribution in [0.25, 0.3) is 6.08 Å². The molecule has 0 spiro atoms. The summed E-state index contributed by atoms with van der Waals surface area (Å²) in [5, 5.41) is 2.75. The maximum atomic E-state index is 13.1. The predicted molar refractivity (Wildman–Crippen MR) is 76.3 cm³/mol. The summed E-state index contributed by atoms with van der Waals surface area (Å²) in [6, 6.07) is 8.42. The van der Waals surface area contributed by atoms with Crippen molar-refractivity contribution in [2.24, 2.45) is 0 Å². The topological polar surface area (TPSA) is 42.0 Å². The molecule has 0 saturated heterocycles. The summed E-state index contributed by atoms with van der Waals surface area (Å²) in [6.07, 6.45) is 6.51. The molecule has 2 rings (SSSR count). The molecule has 102 valence electrons. The first kappa shape index (κ1) is 13.9. The Labute approximate surface area is 117 Å². The van der Waals surface area contributed by atoms with Crippen LogP contribution in [0.1, 0.15) is 16.7 Å². The number of carbonyl (C=O) groups is 1. The average Bonchev–Trinajstić information content (AvgIpc) is 2.47. The van der Waals surface area contributed by atoms with Crippen LogP contribution in [0.3, 0.4) is 0 Å². The van der Waals surface area contributed by atoms with Gasteiger partial charge in [0.05, 0.1) is 0 Å². The van der Waals surface area contributed by atoms with E-state index in [0.29, 0.717) is 12.1 Å². The lowest BCUT2D eigenvalue weighted by Gasteiger charge is -2.04. The summed E-state index contributed by atoms with van der Waals surface area (Å²) in [5.41, 5.74) is 2.35. The van der Waals surface area contributed by atoms with Gasteiger partial charge in [-0.25, -0.2) is 4.39 Å². The van der Waals surface area contributed by atoms with Crippen LogP contribution in [0.5, 0.6) is 0 Å². The van der Waals surface area contributed by atoms with Gasteiger partial charge in [0, 0.05) is 25.0 Å². The van der Waals surface area contributed by atoms with Gasteiger partial charge in [-0.1, -0.05) is 12.1 Å². The number of rotatable bonds is 4. The van der Waals surface area contributed by atoms with E-state index in [4.69, 9.17) is 0 Å². The van der Waals surface area contributed by atoms with Gasteiger partial charge in [0.15, 0.2) is 0 Å². The van der Waals surface area contributed by atoms with Crippen LogP contribution in [0.4, 0.5) is 4.39 Å². The van der Waals surface area contributed by atoms with Crippen molar-refractivity contribution in [2.75, 3.05) is 0 Å². The Bertz CT molecular complexity index is 624. The minimum Gasteiger partial charge on any atom is -0.348 e. The van der Waals surface area contributed by atoms with Crippen molar-refractivity contribution >= 4 is 12.0 Å². The Balaban J connectivity index is 1.89. The number of aryl methyl sites for hydroxylation is 1. The lowest BCUT2D eigenvalue weighted by Crippen LogP contribution is -2.20. The predicted octanol–water partition coefficient (Wildman–Crippen LogP) is 2.86. The molecule has 0 aliphatic rings. The van der Waals surface area contributed by atoms with Crippen LogP contribution in [0, 0.1) is 12.7 Å². The smallest absolute Gasteiger partial charge is 0.244 e.